The first-order chi connectivity index (χ1) is 8.59. The summed E-state index contributed by atoms with van der Waals surface area (Å²) in [7, 11) is -3.70. The van der Waals surface area contributed by atoms with Gasteiger partial charge >= 0.3 is 0 Å². The summed E-state index contributed by atoms with van der Waals surface area (Å²) in [5, 5.41) is 11.2. The summed E-state index contributed by atoms with van der Waals surface area (Å²) in [5.41, 5.74) is 0.766. The molecule has 1 atom stereocenters. The predicted octanol–water partition coefficient (Wildman–Crippen LogP) is 0.101. The van der Waals surface area contributed by atoms with Gasteiger partial charge in [0.05, 0.1) is 0 Å². The van der Waals surface area contributed by atoms with Crippen LogP contribution < -0.4 is 10.0 Å². The van der Waals surface area contributed by atoms with E-state index in [2.05, 4.69) is 10.2 Å². The highest BCUT2D eigenvalue weighted by atomic mass is 32.2. The minimum absolute atomic E-state index is 0.0616. The van der Waals surface area contributed by atoms with Gasteiger partial charge in [0.25, 0.3) is 0 Å². The van der Waals surface area contributed by atoms with Gasteiger partial charge in [-0.25, -0.2) is 13.6 Å². The number of nitrogens with zero attached hydrogens (tertiary/aromatic N) is 2. The third-order valence-electron chi connectivity index (χ3n) is 3.20. The fourth-order valence-corrected chi connectivity index (χ4v) is 2.68. The molecular weight excluding hydrogens is 268 g/mol. The average molecular weight is 286 g/mol. The summed E-state index contributed by atoms with van der Waals surface area (Å²) in [6.45, 7) is 6.11. The summed E-state index contributed by atoms with van der Waals surface area (Å²) >= 11 is 0. The van der Waals surface area contributed by atoms with Crippen LogP contribution in [0.5, 0.6) is 0 Å². The lowest BCUT2D eigenvalue weighted by Gasteiger charge is -2.15. The van der Waals surface area contributed by atoms with E-state index < -0.39 is 15.3 Å². The summed E-state index contributed by atoms with van der Waals surface area (Å²) in [6.07, 6.45) is -0.0868. The van der Waals surface area contributed by atoms with E-state index in [-0.39, 0.29) is 24.3 Å². The van der Waals surface area contributed by atoms with Crippen LogP contribution in [0.2, 0.25) is 0 Å². The van der Waals surface area contributed by atoms with E-state index in [0.29, 0.717) is 5.82 Å². The van der Waals surface area contributed by atoms with Crippen LogP contribution in [0, 0.1) is 0 Å². The van der Waals surface area contributed by atoms with E-state index >= 15 is 0 Å². The molecule has 0 aliphatic carbocycles. The average Bonchev–Trinajstić information content (AvgIpc) is 2.80. The molecule has 3 N–H and O–H groups in total. The van der Waals surface area contributed by atoms with Crippen LogP contribution in [0.4, 0.5) is 5.82 Å². The van der Waals surface area contributed by atoms with Gasteiger partial charge in [-0.1, -0.05) is 20.8 Å². The molecular formula is C11H18N4O3S. The largest absolute Gasteiger partial charge is 0.294 e. The zero-order chi connectivity index (χ0) is 14.4. The molecule has 7 nitrogen and oxygen atoms in total. The number of anilines is 1. The number of sulfonamides is 1. The lowest BCUT2D eigenvalue weighted by atomic mass is 9.92. The zero-order valence-electron chi connectivity index (χ0n) is 11.2. The fraction of sp³-hybridized carbons (Fsp3) is 0.636. The minimum Gasteiger partial charge on any atom is -0.294 e. The van der Waals surface area contributed by atoms with Crippen molar-refractivity contribution in [1.29, 1.82) is 0 Å². The second-order valence-electron chi connectivity index (χ2n) is 5.81. The second-order valence-corrected chi connectivity index (χ2v) is 7.65. The summed E-state index contributed by atoms with van der Waals surface area (Å²) in [6, 6.07) is 1.77. The van der Waals surface area contributed by atoms with Gasteiger partial charge < -0.3 is 0 Å². The quantitative estimate of drug-likeness (QED) is 0.803. The number of rotatable bonds is 2. The number of H-pyrrole nitrogens is 1. The van der Waals surface area contributed by atoms with Gasteiger partial charge in [-0.05, 0) is 0 Å². The van der Waals surface area contributed by atoms with Crippen molar-refractivity contribution >= 4 is 21.7 Å². The second kappa shape index (κ2) is 4.31. The van der Waals surface area contributed by atoms with E-state index in [1.165, 1.54) is 4.90 Å². The van der Waals surface area contributed by atoms with Crippen molar-refractivity contribution in [3.05, 3.63) is 11.8 Å². The number of primary sulfonamides is 1. The first-order valence-corrected chi connectivity index (χ1v) is 7.58. The Balaban J connectivity index is 2.24. The normalized spacial score (nSPS) is 21.2. The van der Waals surface area contributed by atoms with Crippen LogP contribution in [0.15, 0.2) is 6.07 Å². The molecule has 1 fully saturated rings. The van der Waals surface area contributed by atoms with Crippen molar-refractivity contribution in [1.82, 2.24) is 10.2 Å². The Labute approximate surface area is 112 Å². The number of amides is 1. The van der Waals surface area contributed by atoms with Gasteiger partial charge in [0.15, 0.2) is 5.82 Å². The highest BCUT2D eigenvalue weighted by Crippen LogP contribution is 2.27. The number of nitrogens with two attached hydrogens (primary N) is 1. The molecule has 1 saturated heterocycles. The van der Waals surface area contributed by atoms with Gasteiger partial charge in [0, 0.05) is 30.1 Å². The Kier molecular flexibility index (Phi) is 3.18. The lowest BCUT2D eigenvalue weighted by Crippen LogP contribution is -2.32. The molecule has 8 heteroatoms. The zero-order valence-corrected chi connectivity index (χ0v) is 12.0. The van der Waals surface area contributed by atoms with Crippen LogP contribution in [-0.2, 0) is 20.2 Å². The van der Waals surface area contributed by atoms with E-state index in [0.717, 1.165) is 5.69 Å². The highest BCUT2D eigenvalue weighted by Gasteiger charge is 2.38. The van der Waals surface area contributed by atoms with Crippen LogP contribution in [0.25, 0.3) is 0 Å². The lowest BCUT2D eigenvalue weighted by molar-refractivity contribution is -0.117. The maximum atomic E-state index is 11.8. The molecule has 0 bridgehead atoms. The number of aromatic nitrogens is 2. The van der Waals surface area contributed by atoms with E-state index in [1.54, 1.807) is 6.07 Å². The highest BCUT2D eigenvalue weighted by molar-refractivity contribution is 7.89. The van der Waals surface area contributed by atoms with Crippen LogP contribution >= 0.6 is 0 Å². The van der Waals surface area contributed by atoms with Gasteiger partial charge in [-0.3, -0.25) is 14.8 Å². The topological polar surface area (TPSA) is 109 Å². The SMILES string of the molecule is CC(C)(C)c1cc(N2CC(S(N)(=O)=O)CC2=O)n[nH]1. The van der Waals surface area contributed by atoms with Crippen LogP contribution in [-0.4, -0.2) is 36.3 Å². The summed E-state index contributed by atoms with van der Waals surface area (Å²) in [4.78, 5) is 13.2. The molecule has 1 unspecified atom stereocenters. The van der Waals surface area contributed by atoms with Crippen LogP contribution in [0.3, 0.4) is 0 Å². The van der Waals surface area contributed by atoms with Crippen LogP contribution in [0.1, 0.15) is 32.9 Å². The van der Waals surface area contributed by atoms with Gasteiger partial charge in [-0.2, -0.15) is 5.10 Å². The molecule has 106 valence electrons. The molecule has 1 aliphatic rings. The van der Waals surface area contributed by atoms with Gasteiger partial charge in [0.2, 0.25) is 15.9 Å². The van der Waals surface area contributed by atoms with Gasteiger partial charge in [-0.15, -0.1) is 0 Å². The Morgan fingerprint density at radius 3 is 2.53 bits per heavy atom. The molecule has 2 heterocycles. The third-order valence-corrected chi connectivity index (χ3v) is 4.45. The number of hydrogen-bond donors (Lipinski definition) is 2. The standard InChI is InChI=1S/C11H18N4O3S/c1-11(2,3)8-5-9(14-13-8)15-6-7(4-10(15)16)19(12,17)18/h5,7H,4,6H2,1-3H3,(H,13,14)(H2,12,17,18). The Hall–Kier alpha value is -1.41. The molecule has 0 radical (unpaired) electrons. The van der Waals surface area contributed by atoms with Crippen molar-refractivity contribution in [3.8, 4) is 0 Å². The molecule has 19 heavy (non-hydrogen) atoms. The van der Waals surface area contributed by atoms with Crippen molar-refractivity contribution in [2.45, 2.75) is 37.9 Å². The van der Waals surface area contributed by atoms with E-state index in [9.17, 15) is 13.2 Å². The molecule has 0 saturated carbocycles. The first kappa shape index (κ1) is 14.0. The fourth-order valence-electron chi connectivity index (χ4n) is 1.95. The molecule has 2 rings (SSSR count). The van der Waals surface area contributed by atoms with Crippen molar-refractivity contribution < 1.29 is 13.2 Å². The number of carbonyl (C=O) groups excluding carboxylic acids is 1. The predicted molar refractivity (Wildman–Crippen MR) is 71.2 cm³/mol. The summed E-state index contributed by atoms with van der Waals surface area (Å²) < 4.78 is 22.6. The number of hydrogen-bond acceptors (Lipinski definition) is 4. The molecule has 1 aromatic heterocycles. The minimum atomic E-state index is -3.70. The number of aromatic amines is 1. The Morgan fingerprint density at radius 1 is 1.47 bits per heavy atom. The van der Waals surface area contributed by atoms with Crippen molar-refractivity contribution in [2.75, 3.05) is 11.4 Å². The maximum absolute atomic E-state index is 11.8. The van der Waals surface area contributed by atoms with Gasteiger partial charge in [0.1, 0.15) is 5.25 Å². The van der Waals surface area contributed by atoms with Crippen molar-refractivity contribution in [3.63, 3.8) is 0 Å². The summed E-state index contributed by atoms with van der Waals surface area (Å²) in [5.74, 6) is 0.173. The first-order valence-electron chi connectivity index (χ1n) is 5.97. The van der Waals surface area contributed by atoms with Crippen molar-refractivity contribution in [2.24, 2.45) is 5.14 Å². The number of nitrogens with one attached hydrogen (secondary N) is 1. The molecule has 1 amide bonds. The number of carbonyl (C=O) groups is 1. The van der Waals surface area contributed by atoms with E-state index in [1.807, 2.05) is 20.8 Å². The third kappa shape index (κ3) is 2.79. The Bertz CT molecular complexity index is 600. The molecule has 0 spiro atoms. The van der Waals surface area contributed by atoms with E-state index in [4.69, 9.17) is 5.14 Å². The Morgan fingerprint density at radius 2 is 2.11 bits per heavy atom. The molecule has 0 aromatic carbocycles. The monoisotopic (exact) mass is 286 g/mol. The maximum Gasteiger partial charge on any atom is 0.229 e. The smallest absolute Gasteiger partial charge is 0.229 e. The molecule has 1 aliphatic heterocycles. The molecule has 1 aromatic rings.